The maximum atomic E-state index is 11.5. The molecular formula is C14H22N2O2. The van der Waals surface area contributed by atoms with E-state index in [-0.39, 0.29) is 11.3 Å². The van der Waals surface area contributed by atoms with Crippen LogP contribution in [-0.2, 0) is 9.53 Å². The maximum Gasteiger partial charge on any atom is 0.220 e. The standard InChI is InChI=1S/C14H22N2O2/c17-13-7-14(10-15-13)4-2-5-16(11-14)8-12-3-1-6-18-9-12/h3H,1-2,4-11H2,(H,15,17). The molecule has 2 saturated heterocycles. The lowest BCUT2D eigenvalue weighted by molar-refractivity contribution is -0.119. The molecule has 18 heavy (non-hydrogen) atoms. The van der Waals surface area contributed by atoms with Gasteiger partial charge in [-0.1, -0.05) is 6.08 Å². The van der Waals surface area contributed by atoms with Gasteiger partial charge in [-0.3, -0.25) is 9.69 Å². The van der Waals surface area contributed by atoms with Crippen LogP contribution in [0.4, 0.5) is 0 Å². The highest BCUT2D eigenvalue weighted by atomic mass is 16.5. The zero-order chi connectivity index (χ0) is 12.4. The van der Waals surface area contributed by atoms with Gasteiger partial charge in [-0.15, -0.1) is 0 Å². The van der Waals surface area contributed by atoms with Crippen molar-refractivity contribution in [3.05, 3.63) is 11.6 Å². The summed E-state index contributed by atoms with van der Waals surface area (Å²) in [6.45, 7) is 5.77. The molecule has 0 bridgehead atoms. The van der Waals surface area contributed by atoms with Crippen molar-refractivity contribution in [1.29, 1.82) is 0 Å². The average molecular weight is 250 g/mol. The van der Waals surface area contributed by atoms with Crippen LogP contribution in [0.5, 0.6) is 0 Å². The minimum absolute atomic E-state index is 0.214. The Balaban J connectivity index is 1.60. The summed E-state index contributed by atoms with van der Waals surface area (Å²) in [7, 11) is 0. The molecule has 2 fully saturated rings. The lowest BCUT2D eigenvalue weighted by atomic mass is 9.79. The van der Waals surface area contributed by atoms with Crippen molar-refractivity contribution in [2.24, 2.45) is 5.41 Å². The molecule has 3 heterocycles. The fourth-order valence-electron chi connectivity index (χ4n) is 3.49. The van der Waals surface area contributed by atoms with E-state index >= 15 is 0 Å². The minimum Gasteiger partial charge on any atom is -0.377 e. The average Bonchev–Trinajstić information content (AvgIpc) is 2.72. The van der Waals surface area contributed by atoms with Crippen LogP contribution >= 0.6 is 0 Å². The van der Waals surface area contributed by atoms with Crippen LogP contribution in [0.3, 0.4) is 0 Å². The molecule has 4 heteroatoms. The van der Waals surface area contributed by atoms with E-state index in [0.29, 0.717) is 0 Å². The van der Waals surface area contributed by atoms with Crippen molar-refractivity contribution >= 4 is 5.91 Å². The van der Waals surface area contributed by atoms with E-state index in [1.54, 1.807) is 0 Å². The first-order valence-corrected chi connectivity index (χ1v) is 7.01. The zero-order valence-corrected chi connectivity index (χ0v) is 10.9. The number of likely N-dealkylation sites (tertiary alicyclic amines) is 1. The number of hydrogen-bond donors (Lipinski definition) is 1. The first-order valence-electron chi connectivity index (χ1n) is 7.01. The van der Waals surface area contributed by atoms with Crippen molar-refractivity contribution in [3.63, 3.8) is 0 Å². The lowest BCUT2D eigenvalue weighted by Gasteiger charge is -2.39. The molecule has 0 aromatic heterocycles. The highest BCUT2D eigenvalue weighted by Crippen LogP contribution is 2.36. The van der Waals surface area contributed by atoms with Gasteiger partial charge in [-0.25, -0.2) is 0 Å². The molecule has 0 saturated carbocycles. The quantitative estimate of drug-likeness (QED) is 0.742. The third kappa shape index (κ3) is 2.59. The van der Waals surface area contributed by atoms with E-state index in [2.05, 4.69) is 16.3 Å². The summed E-state index contributed by atoms with van der Waals surface area (Å²) >= 11 is 0. The molecule has 100 valence electrons. The molecular weight excluding hydrogens is 228 g/mol. The molecule has 3 aliphatic heterocycles. The van der Waals surface area contributed by atoms with Gasteiger partial charge in [0.1, 0.15) is 0 Å². The Kier molecular flexibility index (Phi) is 3.39. The molecule has 1 unspecified atom stereocenters. The van der Waals surface area contributed by atoms with E-state index < -0.39 is 0 Å². The lowest BCUT2D eigenvalue weighted by Crippen LogP contribution is -2.45. The van der Waals surface area contributed by atoms with Gasteiger partial charge in [0.2, 0.25) is 5.91 Å². The Morgan fingerprint density at radius 1 is 1.50 bits per heavy atom. The Bertz CT molecular complexity index is 367. The summed E-state index contributed by atoms with van der Waals surface area (Å²) in [5.41, 5.74) is 1.63. The number of rotatable bonds is 2. The summed E-state index contributed by atoms with van der Waals surface area (Å²) in [4.78, 5) is 14.0. The number of amides is 1. The van der Waals surface area contributed by atoms with Crippen LogP contribution in [0.15, 0.2) is 11.6 Å². The largest absolute Gasteiger partial charge is 0.377 e. The number of carbonyl (C=O) groups is 1. The Morgan fingerprint density at radius 3 is 3.17 bits per heavy atom. The van der Waals surface area contributed by atoms with Crippen LogP contribution in [0.2, 0.25) is 0 Å². The molecule has 0 radical (unpaired) electrons. The number of hydrogen-bond acceptors (Lipinski definition) is 3. The number of nitrogens with zero attached hydrogens (tertiary/aromatic N) is 1. The molecule has 3 aliphatic rings. The van der Waals surface area contributed by atoms with E-state index in [1.165, 1.54) is 18.4 Å². The van der Waals surface area contributed by atoms with Gasteiger partial charge in [0.25, 0.3) is 0 Å². The van der Waals surface area contributed by atoms with E-state index in [9.17, 15) is 4.79 Å². The number of ether oxygens (including phenoxy) is 1. The SMILES string of the molecule is O=C1CC2(CCCN(CC3=CCCOC3)C2)CN1. The Morgan fingerprint density at radius 2 is 2.44 bits per heavy atom. The molecule has 0 aliphatic carbocycles. The predicted molar refractivity (Wildman–Crippen MR) is 69.3 cm³/mol. The van der Waals surface area contributed by atoms with E-state index in [0.717, 1.165) is 52.2 Å². The molecule has 1 amide bonds. The topological polar surface area (TPSA) is 41.6 Å². The van der Waals surface area contributed by atoms with Crippen molar-refractivity contribution in [2.75, 3.05) is 39.4 Å². The van der Waals surface area contributed by atoms with Gasteiger partial charge in [-0.05, 0) is 31.4 Å². The van der Waals surface area contributed by atoms with Crippen molar-refractivity contribution < 1.29 is 9.53 Å². The Labute approximate surface area is 108 Å². The van der Waals surface area contributed by atoms with Crippen LogP contribution in [0, 0.1) is 5.41 Å². The zero-order valence-electron chi connectivity index (χ0n) is 10.9. The first-order chi connectivity index (χ1) is 8.76. The van der Waals surface area contributed by atoms with Gasteiger partial charge in [0.05, 0.1) is 13.2 Å². The number of carbonyl (C=O) groups excluding carboxylic acids is 1. The number of nitrogens with one attached hydrogen (secondary N) is 1. The summed E-state index contributed by atoms with van der Waals surface area (Å²) in [5, 5.41) is 3.00. The van der Waals surface area contributed by atoms with Crippen LogP contribution in [0.25, 0.3) is 0 Å². The summed E-state index contributed by atoms with van der Waals surface area (Å²) < 4.78 is 5.50. The fourth-order valence-corrected chi connectivity index (χ4v) is 3.49. The third-order valence-corrected chi connectivity index (χ3v) is 4.35. The van der Waals surface area contributed by atoms with Gasteiger partial charge in [0.15, 0.2) is 0 Å². The second kappa shape index (κ2) is 5.02. The number of piperidine rings is 1. The smallest absolute Gasteiger partial charge is 0.220 e. The Hall–Kier alpha value is -0.870. The molecule has 3 rings (SSSR count). The molecule has 0 aromatic rings. The van der Waals surface area contributed by atoms with Crippen LogP contribution in [0.1, 0.15) is 25.7 Å². The normalized spacial score (nSPS) is 33.6. The van der Waals surface area contributed by atoms with Gasteiger partial charge in [0, 0.05) is 31.5 Å². The predicted octanol–water partition coefficient (Wildman–Crippen LogP) is 0.935. The van der Waals surface area contributed by atoms with Gasteiger partial charge >= 0.3 is 0 Å². The van der Waals surface area contributed by atoms with Crippen molar-refractivity contribution in [1.82, 2.24) is 10.2 Å². The maximum absolute atomic E-state index is 11.5. The third-order valence-electron chi connectivity index (χ3n) is 4.35. The van der Waals surface area contributed by atoms with Crippen molar-refractivity contribution in [2.45, 2.75) is 25.7 Å². The second-order valence-corrected chi connectivity index (χ2v) is 5.97. The summed E-state index contributed by atoms with van der Waals surface area (Å²) in [5.74, 6) is 0.233. The molecule has 1 atom stereocenters. The fraction of sp³-hybridized carbons (Fsp3) is 0.786. The molecule has 4 nitrogen and oxygen atoms in total. The van der Waals surface area contributed by atoms with Crippen LogP contribution < -0.4 is 5.32 Å². The second-order valence-electron chi connectivity index (χ2n) is 5.97. The monoisotopic (exact) mass is 250 g/mol. The van der Waals surface area contributed by atoms with Crippen molar-refractivity contribution in [3.8, 4) is 0 Å². The highest BCUT2D eigenvalue weighted by molar-refractivity contribution is 5.79. The summed E-state index contributed by atoms with van der Waals surface area (Å²) in [6, 6.07) is 0. The summed E-state index contributed by atoms with van der Waals surface area (Å²) in [6.07, 6.45) is 6.50. The molecule has 0 aromatic carbocycles. The van der Waals surface area contributed by atoms with E-state index in [1.807, 2.05) is 0 Å². The molecule has 1 spiro atoms. The van der Waals surface area contributed by atoms with E-state index in [4.69, 9.17) is 4.74 Å². The molecule has 1 N–H and O–H groups in total. The first kappa shape index (κ1) is 12.2. The minimum atomic E-state index is 0.214. The highest BCUT2D eigenvalue weighted by Gasteiger charge is 2.41. The van der Waals surface area contributed by atoms with Crippen LogP contribution in [-0.4, -0.2) is 50.2 Å². The van der Waals surface area contributed by atoms with Gasteiger partial charge < -0.3 is 10.1 Å². The van der Waals surface area contributed by atoms with Gasteiger partial charge in [-0.2, -0.15) is 0 Å².